The molecule has 1 N–H and O–H groups in total. The van der Waals surface area contributed by atoms with Crippen LogP contribution in [0.25, 0.3) is 10.1 Å². The Bertz CT molecular complexity index is 990. The minimum Gasteiger partial charge on any atom is -0.385 e. The molecular weight excluding hydrogens is 308 g/mol. The highest BCUT2D eigenvalue weighted by Crippen LogP contribution is 2.39. The van der Waals surface area contributed by atoms with Gasteiger partial charge in [0.25, 0.3) is 0 Å². The second-order valence-electron chi connectivity index (χ2n) is 6.28. The van der Waals surface area contributed by atoms with Crippen molar-refractivity contribution in [2.45, 2.75) is 19.4 Å². The lowest BCUT2D eigenvalue weighted by molar-refractivity contribution is 0.0826. The molecule has 4 heteroatoms. The third kappa shape index (κ3) is 1.99. The van der Waals surface area contributed by atoms with Crippen molar-refractivity contribution in [3.63, 3.8) is 0 Å². The molecule has 1 aliphatic rings. The highest BCUT2D eigenvalue weighted by atomic mass is 32.1. The van der Waals surface area contributed by atoms with Crippen LogP contribution in [-0.2, 0) is 5.60 Å². The zero-order valence-electron chi connectivity index (χ0n) is 12.7. The van der Waals surface area contributed by atoms with Gasteiger partial charge in [0.1, 0.15) is 0 Å². The van der Waals surface area contributed by atoms with Crippen LogP contribution in [-0.4, -0.2) is 16.7 Å². The molecule has 0 saturated heterocycles. The first-order valence-corrected chi connectivity index (χ1v) is 8.17. The van der Waals surface area contributed by atoms with Crippen LogP contribution in [0.4, 0.5) is 0 Å². The van der Waals surface area contributed by atoms with E-state index in [-0.39, 0.29) is 11.6 Å². The van der Waals surface area contributed by atoms with Crippen LogP contribution < -0.4 is 0 Å². The lowest BCUT2D eigenvalue weighted by Crippen LogP contribution is -2.20. The lowest BCUT2D eigenvalue weighted by atomic mass is 9.83. The van der Waals surface area contributed by atoms with Crippen molar-refractivity contribution >= 4 is 33.0 Å². The molecule has 1 aliphatic carbocycles. The molecule has 23 heavy (non-hydrogen) atoms. The number of hydrogen-bond acceptors (Lipinski definition) is 4. The van der Waals surface area contributed by atoms with Gasteiger partial charge in [-0.1, -0.05) is 30.3 Å². The second-order valence-corrected chi connectivity index (χ2v) is 7.33. The van der Waals surface area contributed by atoms with E-state index >= 15 is 0 Å². The zero-order valence-corrected chi connectivity index (χ0v) is 13.5. The predicted octanol–water partition coefficient (Wildman–Crippen LogP) is 3.90. The third-order valence-corrected chi connectivity index (χ3v) is 5.66. The number of ketones is 2. The average molecular weight is 322 g/mol. The molecule has 0 radical (unpaired) electrons. The van der Waals surface area contributed by atoms with E-state index in [1.807, 2.05) is 12.1 Å². The fraction of sp³-hybridized carbons (Fsp3) is 0.158. The number of carbonyl (C=O) groups excluding carboxylic acids is 2. The molecule has 1 aromatic heterocycles. The summed E-state index contributed by atoms with van der Waals surface area (Å²) in [6, 6.07) is 12.4. The van der Waals surface area contributed by atoms with Gasteiger partial charge in [-0.05, 0) is 31.4 Å². The average Bonchev–Trinajstić information content (AvgIpc) is 2.96. The van der Waals surface area contributed by atoms with Gasteiger partial charge in [0.05, 0.1) is 11.2 Å². The topological polar surface area (TPSA) is 54.4 Å². The Morgan fingerprint density at radius 2 is 1.57 bits per heavy atom. The standard InChI is InChI=1S/C19H14O3S/c1-19(2,22)14-9-10-7-8-13-15(18(10)23-14)17(21)12-6-4-3-5-11(12)16(13)20/h3-9,22H,1-2H3. The van der Waals surface area contributed by atoms with Crippen molar-refractivity contribution in [3.05, 3.63) is 69.6 Å². The molecular formula is C19H14O3S. The normalized spacial score (nSPS) is 14.0. The Morgan fingerprint density at radius 3 is 2.22 bits per heavy atom. The van der Waals surface area contributed by atoms with Crippen LogP contribution in [0.5, 0.6) is 0 Å². The van der Waals surface area contributed by atoms with Gasteiger partial charge in [-0.2, -0.15) is 0 Å². The second kappa shape index (κ2) is 4.60. The number of hydrogen-bond donors (Lipinski definition) is 1. The summed E-state index contributed by atoms with van der Waals surface area (Å²) in [4.78, 5) is 26.4. The summed E-state index contributed by atoms with van der Waals surface area (Å²) in [5.41, 5.74) is 0.854. The zero-order chi connectivity index (χ0) is 16.4. The van der Waals surface area contributed by atoms with Gasteiger partial charge in [0, 0.05) is 26.3 Å². The van der Waals surface area contributed by atoms with Crippen LogP contribution in [0.1, 0.15) is 50.6 Å². The number of thiophene rings is 1. The molecule has 0 unspecified atom stereocenters. The Morgan fingerprint density at radius 1 is 0.913 bits per heavy atom. The molecule has 0 fully saturated rings. The third-order valence-electron chi connectivity index (χ3n) is 4.18. The van der Waals surface area contributed by atoms with Gasteiger partial charge in [0.2, 0.25) is 0 Å². The minimum absolute atomic E-state index is 0.115. The molecule has 3 nitrogen and oxygen atoms in total. The van der Waals surface area contributed by atoms with E-state index in [1.165, 1.54) is 11.3 Å². The van der Waals surface area contributed by atoms with Crippen LogP contribution in [0.2, 0.25) is 0 Å². The minimum atomic E-state index is -0.976. The Kier molecular flexibility index (Phi) is 2.86. The number of fused-ring (bicyclic) bond motifs is 4. The Labute approximate surface area is 137 Å². The van der Waals surface area contributed by atoms with Gasteiger partial charge in [0.15, 0.2) is 11.6 Å². The fourth-order valence-electron chi connectivity index (χ4n) is 2.98. The van der Waals surface area contributed by atoms with E-state index in [0.717, 1.165) is 15.0 Å². The summed E-state index contributed by atoms with van der Waals surface area (Å²) >= 11 is 1.38. The molecule has 3 aromatic rings. The number of benzene rings is 2. The summed E-state index contributed by atoms with van der Waals surface area (Å²) in [5, 5.41) is 11.1. The van der Waals surface area contributed by atoms with Crippen molar-refractivity contribution < 1.29 is 14.7 Å². The molecule has 0 atom stereocenters. The summed E-state index contributed by atoms with van der Waals surface area (Å²) in [5.74, 6) is -0.236. The number of rotatable bonds is 1. The van der Waals surface area contributed by atoms with Gasteiger partial charge in [-0.3, -0.25) is 9.59 Å². The molecule has 114 valence electrons. The molecule has 2 aromatic carbocycles. The van der Waals surface area contributed by atoms with Crippen LogP contribution in [0.3, 0.4) is 0 Å². The van der Waals surface area contributed by atoms with E-state index in [9.17, 15) is 14.7 Å². The van der Waals surface area contributed by atoms with E-state index in [0.29, 0.717) is 22.3 Å². The smallest absolute Gasteiger partial charge is 0.195 e. The molecule has 1 heterocycles. The summed E-state index contributed by atoms with van der Waals surface area (Å²) < 4.78 is 0.771. The van der Waals surface area contributed by atoms with E-state index in [1.54, 1.807) is 44.2 Å². The van der Waals surface area contributed by atoms with Crippen molar-refractivity contribution in [1.82, 2.24) is 0 Å². The van der Waals surface area contributed by atoms with Gasteiger partial charge < -0.3 is 5.11 Å². The van der Waals surface area contributed by atoms with E-state index < -0.39 is 5.60 Å². The van der Waals surface area contributed by atoms with Crippen molar-refractivity contribution in [3.8, 4) is 0 Å². The van der Waals surface area contributed by atoms with Crippen molar-refractivity contribution in [2.24, 2.45) is 0 Å². The van der Waals surface area contributed by atoms with Crippen LogP contribution >= 0.6 is 11.3 Å². The molecule has 0 bridgehead atoms. The Balaban J connectivity index is 2.05. The molecule has 4 rings (SSSR count). The maximum Gasteiger partial charge on any atom is 0.195 e. The largest absolute Gasteiger partial charge is 0.385 e. The highest BCUT2D eigenvalue weighted by Gasteiger charge is 2.32. The van der Waals surface area contributed by atoms with E-state index in [2.05, 4.69) is 0 Å². The van der Waals surface area contributed by atoms with Gasteiger partial charge in [-0.15, -0.1) is 11.3 Å². The first-order valence-electron chi connectivity index (χ1n) is 7.36. The van der Waals surface area contributed by atoms with Crippen LogP contribution in [0.15, 0.2) is 42.5 Å². The maximum atomic E-state index is 12.9. The lowest BCUT2D eigenvalue weighted by Gasteiger charge is -2.17. The Hall–Kier alpha value is -2.30. The summed E-state index contributed by atoms with van der Waals surface area (Å²) in [6.45, 7) is 3.43. The van der Waals surface area contributed by atoms with Crippen molar-refractivity contribution in [2.75, 3.05) is 0 Å². The first kappa shape index (κ1) is 14.3. The fourth-order valence-corrected chi connectivity index (χ4v) is 4.18. The SMILES string of the molecule is CC(C)(O)c1cc2ccc3c(c2s1)C(=O)c1ccccc1C3=O. The highest BCUT2D eigenvalue weighted by molar-refractivity contribution is 7.19. The summed E-state index contributed by atoms with van der Waals surface area (Å²) in [7, 11) is 0. The van der Waals surface area contributed by atoms with Gasteiger partial charge >= 0.3 is 0 Å². The first-order chi connectivity index (χ1) is 10.9. The maximum absolute atomic E-state index is 12.9. The predicted molar refractivity (Wildman–Crippen MR) is 90.4 cm³/mol. The quantitative estimate of drug-likeness (QED) is 0.578. The molecule has 0 aliphatic heterocycles. The monoisotopic (exact) mass is 322 g/mol. The molecule has 0 amide bonds. The van der Waals surface area contributed by atoms with Crippen LogP contribution in [0, 0.1) is 0 Å². The molecule has 0 saturated carbocycles. The molecule has 0 spiro atoms. The number of aliphatic hydroxyl groups is 1. The number of carbonyl (C=O) groups is 2. The van der Waals surface area contributed by atoms with Crippen molar-refractivity contribution in [1.29, 1.82) is 0 Å². The summed E-state index contributed by atoms with van der Waals surface area (Å²) in [6.07, 6.45) is 0. The van der Waals surface area contributed by atoms with E-state index in [4.69, 9.17) is 0 Å². The van der Waals surface area contributed by atoms with Gasteiger partial charge in [-0.25, -0.2) is 0 Å².